The van der Waals surface area contributed by atoms with Gasteiger partial charge in [-0.3, -0.25) is 9.67 Å². The summed E-state index contributed by atoms with van der Waals surface area (Å²) < 4.78 is 3.78. The zero-order chi connectivity index (χ0) is 13.9. The molecule has 1 saturated carbocycles. The van der Waals surface area contributed by atoms with Crippen molar-refractivity contribution in [3.8, 4) is 5.69 Å². The van der Waals surface area contributed by atoms with E-state index in [-0.39, 0.29) is 0 Å². The minimum Gasteiger partial charge on any atom is -0.271 e. The summed E-state index contributed by atoms with van der Waals surface area (Å²) in [6.45, 7) is 0. The normalized spacial score (nSPS) is 16.4. The number of aromatic amines is 1. The number of hydrogen-bond donors (Lipinski definition) is 1. The minimum atomic E-state index is 0.669. The van der Waals surface area contributed by atoms with Gasteiger partial charge in [-0.1, -0.05) is 44.2 Å². The molecule has 0 aliphatic heterocycles. The second-order valence-electron chi connectivity index (χ2n) is 5.44. The molecule has 1 heterocycles. The van der Waals surface area contributed by atoms with E-state index in [1.165, 1.54) is 32.1 Å². The second-order valence-corrected chi connectivity index (χ2v) is 6.68. The second kappa shape index (κ2) is 6.22. The smallest absolute Gasteiger partial charge is 0.199 e. The molecule has 3 nitrogen and oxygen atoms in total. The monoisotopic (exact) mass is 351 g/mol. The Balaban J connectivity index is 1.93. The largest absolute Gasteiger partial charge is 0.271 e. The van der Waals surface area contributed by atoms with Crippen molar-refractivity contribution in [2.45, 2.75) is 38.5 Å². The highest BCUT2D eigenvalue weighted by atomic mass is 79.9. The fourth-order valence-electron chi connectivity index (χ4n) is 3.00. The number of halogens is 1. The van der Waals surface area contributed by atoms with Crippen LogP contribution < -0.4 is 0 Å². The maximum absolute atomic E-state index is 5.41. The summed E-state index contributed by atoms with van der Waals surface area (Å²) in [7, 11) is 0. The van der Waals surface area contributed by atoms with E-state index in [4.69, 9.17) is 12.2 Å². The molecule has 0 saturated heterocycles. The first-order chi connectivity index (χ1) is 9.75. The maximum Gasteiger partial charge on any atom is 0.199 e. The summed E-state index contributed by atoms with van der Waals surface area (Å²) in [6.07, 6.45) is 7.73. The molecule has 20 heavy (non-hydrogen) atoms. The number of nitrogens with zero attached hydrogens (tertiary/aromatic N) is 2. The Morgan fingerprint density at radius 3 is 2.75 bits per heavy atom. The number of benzene rings is 1. The molecule has 5 heteroatoms. The number of para-hydroxylation sites is 1. The van der Waals surface area contributed by atoms with Gasteiger partial charge in [0.25, 0.3) is 0 Å². The molecule has 1 aromatic heterocycles. The Morgan fingerprint density at radius 2 is 2.00 bits per heavy atom. The SMILES string of the molecule is S=c1[nH]nc(CC2CCCCC2)n1-c1ccccc1Br. The van der Waals surface area contributed by atoms with Gasteiger partial charge in [0, 0.05) is 10.9 Å². The molecule has 3 rings (SSSR count). The molecule has 0 unspecified atom stereocenters. The van der Waals surface area contributed by atoms with Gasteiger partial charge in [-0.2, -0.15) is 5.10 Å². The van der Waals surface area contributed by atoms with Crippen LogP contribution in [0.1, 0.15) is 37.9 Å². The van der Waals surface area contributed by atoms with E-state index in [9.17, 15) is 0 Å². The van der Waals surface area contributed by atoms with Crippen LogP contribution >= 0.6 is 28.1 Å². The van der Waals surface area contributed by atoms with Crippen molar-refractivity contribution >= 4 is 28.1 Å². The van der Waals surface area contributed by atoms with Crippen LogP contribution in [-0.2, 0) is 6.42 Å². The van der Waals surface area contributed by atoms with Crippen LogP contribution in [0, 0.1) is 10.7 Å². The van der Waals surface area contributed by atoms with Crippen molar-refractivity contribution in [1.29, 1.82) is 0 Å². The van der Waals surface area contributed by atoms with E-state index in [1.807, 2.05) is 18.2 Å². The van der Waals surface area contributed by atoms with Crippen LogP contribution in [0.15, 0.2) is 28.7 Å². The van der Waals surface area contributed by atoms with Gasteiger partial charge >= 0.3 is 0 Å². The third kappa shape index (κ3) is 2.88. The third-order valence-corrected chi connectivity index (χ3v) is 4.98. The van der Waals surface area contributed by atoms with Crippen LogP contribution in [0.3, 0.4) is 0 Å². The van der Waals surface area contributed by atoms with Crippen molar-refractivity contribution in [2.24, 2.45) is 5.92 Å². The Hall–Kier alpha value is -0.940. The van der Waals surface area contributed by atoms with Crippen molar-refractivity contribution in [3.63, 3.8) is 0 Å². The van der Waals surface area contributed by atoms with E-state index in [0.29, 0.717) is 4.77 Å². The number of nitrogens with one attached hydrogen (secondary N) is 1. The Morgan fingerprint density at radius 1 is 1.25 bits per heavy atom. The fraction of sp³-hybridized carbons (Fsp3) is 0.467. The molecular formula is C15H18BrN3S. The number of H-pyrrole nitrogens is 1. The third-order valence-electron chi connectivity index (χ3n) is 4.03. The summed E-state index contributed by atoms with van der Waals surface area (Å²) >= 11 is 9.01. The van der Waals surface area contributed by atoms with E-state index in [1.54, 1.807) is 0 Å². The lowest BCUT2D eigenvalue weighted by molar-refractivity contribution is 0.350. The molecule has 0 bridgehead atoms. The van der Waals surface area contributed by atoms with Gasteiger partial charge in [0.05, 0.1) is 5.69 Å². The number of rotatable bonds is 3. The summed E-state index contributed by atoms with van der Waals surface area (Å²) in [5.41, 5.74) is 1.07. The molecule has 0 spiro atoms. The molecular weight excluding hydrogens is 334 g/mol. The molecule has 2 aromatic rings. The van der Waals surface area contributed by atoms with Gasteiger partial charge in [-0.15, -0.1) is 0 Å². The van der Waals surface area contributed by atoms with Crippen LogP contribution in [0.4, 0.5) is 0 Å². The average molecular weight is 352 g/mol. The standard InChI is InChI=1S/C15H18BrN3S/c16-12-8-4-5-9-13(12)19-14(17-18-15(19)20)10-11-6-2-1-3-7-11/h4-5,8-9,11H,1-3,6-7,10H2,(H,18,20). The van der Waals surface area contributed by atoms with Crippen molar-refractivity contribution in [1.82, 2.24) is 14.8 Å². The molecule has 1 aromatic carbocycles. The highest BCUT2D eigenvalue weighted by Crippen LogP contribution is 2.28. The summed E-state index contributed by atoms with van der Waals surface area (Å²) in [5, 5.41) is 7.40. The first-order valence-electron chi connectivity index (χ1n) is 7.17. The first kappa shape index (κ1) is 14.0. The Kier molecular flexibility index (Phi) is 4.36. The van der Waals surface area contributed by atoms with Gasteiger partial charge in [0.1, 0.15) is 5.82 Å². The molecule has 106 valence electrons. The highest BCUT2D eigenvalue weighted by molar-refractivity contribution is 9.10. The topological polar surface area (TPSA) is 33.6 Å². The van der Waals surface area contributed by atoms with Gasteiger partial charge in [-0.05, 0) is 46.2 Å². The Bertz CT molecular complexity index is 641. The van der Waals surface area contributed by atoms with Crippen molar-refractivity contribution in [2.75, 3.05) is 0 Å². The molecule has 1 aliphatic rings. The van der Waals surface area contributed by atoms with Crippen LogP contribution in [0.2, 0.25) is 0 Å². The zero-order valence-corrected chi connectivity index (χ0v) is 13.7. The lowest BCUT2D eigenvalue weighted by Gasteiger charge is -2.21. The van der Waals surface area contributed by atoms with Crippen LogP contribution in [0.25, 0.3) is 5.69 Å². The maximum atomic E-state index is 5.41. The van der Waals surface area contributed by atoms with Gasteiger partial charge < -0.3 is 0 Å². The summed E-state index contributed by atoms with van der Waals surface area (Å²) in [6, 6.07) is 8.14. The predicted octanol–water partition coefficient (Wildman–Crippen LogP) is 4.82. The Labute approximate surface area is 132 Å². The van der Waals surface area contributed by atoms with E-state index < -0.39 is 0 Å². The van der Waals surface area contributed by atoms with Gasteiger partial charge in [0.2, 0.25) is 0 Å². The van der Waals surface area contributed by atoms with Crippen molar-refractivity contribution in [3.05, 3.63) is 39.3 Å². The zero-order valence-electron chi connectivity index (χ0n) is 11.3. The first-order valence-corrected chi connectivity index (χ1v) is 8.37. The quantitative estimate of drug-likeness (QED) is 0.804. The van der Waals surface area contributed by atoms with Crippen LogP contribution in [-0.4, -0.2) is 14.8 Å². The lowest BCUT2D eigenvalue weighted by atomic mass is 9.87. The molecule has 0 atom stereocenters. The van der Waals surface area contributed by atoms with Gasteiger partial charge in [0.15, 0.2) is 4.77 Å². The van der Waals surface area contributed by atoms with Crippen LogP contribution in [0.5, 0.6) is 0 Å². The molecule has 0 radical (unpaired) electrons. The molecule has 1 N–H and O–H groups in total. The number of hydrogen-bond acceptors (Lipinski definition) is 2. The summed E-state index contributed by atoms with van der Waals surface area (Å²) in [4.78, 5) is 0. The number of aromatic nitrogens is 3. The van der Waals surface area contributed by atoms with Crippen molar-refractivity contribution < 1.29 is 0 Å². The lowest BCUT2D eigenvalue weighted by Crippen LogP contribution is -2.13. The summed E-state index contributed by atoms with van der Waals surface area (Å²) in [5.74, 6) is 1.80. The average Bonchev–Trinajstić information content (AvgIpc) is 2.82. The molecule has 1 fully saturated rings. The predicted molar refractivity (Wildman–Crippen MR) is 86.7 cm³/mol. The van der Waals surface area contributed by atoms with Gasteiger partial charge in [-0.25, -0.2) is 0 Å². The van der Waals surface area contributed by atoms with E-state index in [2.05, 4.69) is 36.8 Å². The van der Waals surface area contributed by atoms with E-state index >= 15 is 0 Å². The molecule has 1 aliphatic carbocycles. The fourth-order valence-corrected chi connectivity index (χ4v) is 3.71. The minimum absolute atomic E-state index is 0.669. The van der Waals surface area contributed by atoms with E-state index in [0.717, 1.165) is 28.3 Å². The molecule has 0 amide bonds. The highest BCUT2D eigenvalue weighted by Gasteiger charge is 2.18.